The van der Waals surface area contributed by atoms with Crippen LogP contribution in [0, 0.1) is 5.41 Å². The molecule has 0 amide bonds. The zero-order chi connectivity index (χ0) is 14.3. The van der Waals surface area contributed by atoms with Gasteiger partial charge >= 0.3 is 0 Å². The van der Waals surface area contributed by atoms with E-state index in [1.807, 2.05) is 0 Å². The first kappa shape index (κ1) is 16.0. The molecule has 0 aliphatic heterocycles. The van der Waals surface area contributed by atoms with Crippen LogP contribution in [0.2, 0.25) is 0 Å². The lowest BCUT2D eigenvalue weighted by molar-refractivity contribution is 0.296. The Morgan fingerprint density at radius 2 is 2.11 bits per heavy atom. The first-order valence-corrected chi connectivity index (χ1v) is 8.64. The van der Waals surface area contributed by atoms with Crippen LogP contribution >= 0.6 is 11.8 Å². The average Bonchev–Trinajstić information content (AvgIpc) is 2.38. The minimum Gasteiger partial charge on any atom is -0.396 e. The summed E-state index contributed by atoms with van der Waals surface area (Å²) in [5, 5.41) is 15.9. The van der Waals surface area contributed by atoms with Gasteiger partial charge in [-0.2, -0.15) is 11.8 Å². The van der Waals surface area contributed by atoms with E-state index < -0.39 is 9.84 Å². The Labute approximate surface area is 117 Å². The molecule has 19 heavy (non-hydrogen) atoms. The fourth-order valence-corrected chi connectivity index (χ4v) is 4.13. The quantitative estimate of drug-likeness (QED) is 0.375. The van der Waals surface area contributed by atoms with Crippen LogP contribution in [0.15, 0.2) is 29.2 Å². The summed E-state index contributed by atoms with van der Waals surface area (Å²) in [7, 11) is -3.34. The molecule has 1 aromatic rings. The van der Waals surface area contributed by atoms with Crippen LogP contribution in [0.3, 0.4) is 0 Å². The molecule has 0 aliphatic carbocycles. The number of nitrogens with one attached hydrogen (secondary N) is 1. The van der Waals surface area contributed by atoms with Crippen molar-refractivity contribution in [1.82, 2.24) is 0 Å². The van der Waals surface area contributed by atoms with Crippen LogP contribution in [-0.4, -0.2) is 43.2 Å². The van der Waals surface area contributed by atoms with Crippen molar-refractivity contribution in [3.63, 3.8) is 0 Å². The molecule has 0 fully saturated rings. The maximum Gasteiger partial charge on any atom is 0.179 e. The minimum absolute atomic E-state index is 0.0461. The molecule has 0 saturated heterocycles. The molecule has 0 saturated carbocycles. The lowest BCUT2D eigenvalue weighted by atomic mass is 10.2. The van der Waals surface area contributed by atoms with Crippen LogP contribution in [0.5, 0.6) is 0 Å². The van der Waals surface area contributed by atoms with E-state index in [0.29, 0.717) is 17.7 Å². The number of rotatable bonds is 8. The fourth-order valence-electron chi connectivity index (χ4n) is 1.41. The number of thioether (sulfide) groups is 1. The third kappa shape index (κ3) is 5.22. The number of nitrogens with two attached hydrogens (primary N) is 1. The van der Waals surface area contributed by atoms with Crippen molar-refractivity contribution in [2.75, 3.05) is 23.9 Å². The number of hydrogen-bond acceptors (Lipinski definition) is 5. The summed E-state index contributed by atoms with van der Waals surface area (Å²) in [5.41, 5.74) is 5.75. The molecule has 4 N–H and O–H groups in total. The highest BCUT2D eigenvalue weighted by atomic mass is 32.2. The molecule has 0 heterocycles. The number of hydrogen-bond donors (Lipinski definition) is 3. The summed E-state index contributed by atoms with van der Waals surface area (Å²) in [6.45, 7) is 0.125. The van der Waals surface area contributed by atoms with E-state index in [1.165, 1.54) is 23.9 Å². The predicted octanol–water partition coefficient (Wildman–Crippen LogP) is 0.860. The molecule has 1 aromatic carbocycles. The summed E-state index contributed by atoms with van der Waals surface area (Å²) >= 11 is 1.50. The molecule has 5 nitrogen and oxygen atoms in total. The molecule has 106 valence electrons. The van der Waals surface area contributed by atoms with Gasteiger partial charge in [0, 0.05) is 17.9 Å². The Morgan fingerprint density at radius 3 is 2.74 bits per heavy atom. The summed E-state index contributed by atoms with van der Waals surface area (Å²) in [6, 6.07) is 6.14. The second-order valence-corrected chi connectivity index (χ2v) is 7.28. The third-order valence-corrected chi connectivity index (χ3v) is 5.49. The van der Waals surface area contributed by atoms with Crippen molar-refractivity contribution in [3.8, 4) is 0 Å². The van der Waals surface area contributed by atoms with Crippen LogP contribution in [-0.2, 0) is 9.84 Å². The molecule has 0 aromatic heterocycles. The van der Waals surface area contributed by atoms with Gasteiger partial charge in [-0.1, -0.05) is 12.1 Å². The Balaban J connectivity index is 2.66. The molecule has 0 bridgehead atoms. The summed E-state index contributed by atoms with van der Waals surface area (Å²) in [6.07, 6.45) is 0.671. The summed E-state index contributed by atoms with van der Waals surface area (Å²) in [4.78, 5) is 0.197. The predicted molar refractivity (Wildman–Crippen MR) is 78.5 cm³/mol. The molecule has 7 heteroatoms. The fraction of sp³-hybridized carbons (Fsp3) is 0.417. The van der Waals surface area contributed by atoms with Gasteiger partial charge in [-0.3, -0.25) is 5.41 Å². The molecule has 0 spiro atoms. The number of aliphatic hydroxyl groups excluding tert-OH is 1. The van der Waals surface area contributed by atoms with E-state index in [4.69, 9.17) is 16.2 Å². The van der Waals surface area contributed by atoms with Crippen LogP contribution in [0.4, 0.5) is 0 Å². The standard InChI is InChI=1S/C12H18N2O3S2/c13-12(14)10-3-1-4-11(9-10)19(16,17)8-7-18-6-2-5-15/h1,3-4,9,15H,2,5-8H2,(H3,13,14). The summed E-state index contributed by atoms with van der Waals surface area (Å²) < 4.78 is 24.1. The van der Waals surface area contributed by atoms with Gasteiger partial charge in [0.15, 0.2) is 9.84 Å². The Bertz CT molecular complexity index is 530. The highest BCUT2D eigenvalue weighted by Crippen LogP contribution is 2.15. The molecular formula is C12H18N2O3S2. The monoisotopic (exact) mass is 302 g/mol. The largest absolute Gasteiger partial charge is 0.396 e. The van der Waals surface area contributed by atoms with E-state index in [0.717, 1.165) is 5.75 Å². The highest BCUT2D eigenvalue weighted by molar-refractivity contribution is 8.00. The van der Waals surface area contributed by atoms with E-state index in [2.05, 4.69) is 0 Å². The minimum atomic E-state index is -3.34. The third-order valence-electron chi connectivity index (χ3n) is 2.45. The SMILES string of the molecule is N=C(N)c1cccc(S(=O)(=O)CCSCCCO)c1. The second kappa shape index (κ2) is 7.52. The van der Waals surface area contributed by atoms with Crippen LogP contribution in [0.25, 0.3) is 0 Å². The summed E-state index contributed by atoms with van der Waals surface area (Å²) in [5.74, 6) is 1.14. The van der Waals surface area contributed by atoms with Gasteiger partial charge in [0.25, 0.3) is 0 Å². The zero-order valence-electron chi connectivity index (χ0n) is 10.5. The van der Waals surface area contributed by atoms with Gasteiger partial charge in [0.2, 0.25) is 0 Å². The smallest absolute Gasteiger partial charge is 0.179 e. The first-order valence-electron chi connectivity index (χ1n) is 5.83. The molecule has 0 unspecified atom stereocenters. The maximum absolute atomic E-state index is 12.1. The number of aliphatic hydroxyl groups is 1. The molecule has 0 radical (unpaired) electrons. The number of benzene rings is 1. The second-order valence-electron chi connectivity index (χ2n) is 3.95. The van der Waals surface area contributed by atoms with E-state index in [1.54, 1.807) is 12.1 Å². The van der Waals surface area contributed by atoms with Crippen molar-refractivity contribution in [3.05, 3.63) is 29.8 Å². The lowest BCUT2D eigenvalue weighted by Gasteiger charge is -2.06. The zero-order valence-corrected chi connectivity index (χ0v) is 12.1. The van der Waals surface area contributed by atoms with Crippen LogP contribution in [0.1, 0.15) is 12.0 Å². The number of amidine groups is 1. The van der Waals surface area contributed by atoms with E-state index in [-0.39, 0.29) is 23.1 Å². The Hall–Kier alpha value is -1.05. The maximum atomic E-state index is 12.1. The topological polar surface area (TPSA) is 104 Å². The van der Waals surface area contributed by atoms with Gasteiger partial charge in [-0.25, -0.2) is 8.42 Å². The van der Waals surface area contributed by atoms with Crippen molar-refractivity contribution >= 4 is 27.4 Å². The number of sulfone groups is 1. The Kier molecular flexibility index (Phi) is 6.33. The molecule has 0 atom stereocenters. The molecular weight excluding hydrogens is 284 g/mol. The van der Waals surface area contributed by atoms with Crippen molar-refractivity contribution < 1.29 is 13.5 Å². The van der Waals surface area contributed by atoms with Gasteiger partial charge in [0.05, 0.1) is 10.6 Å². The molecule has 0 aliphatic rings. The van der Waals surface area contributed by atoms with E-state index >= 15 is 0 Å². The van der Waals surface area contributed by atoms with Gasteiger partial charge in [0.1, 0.15) is 5.84 Å². The Morgan fingerprint density at radius 1 is 1.37 bits per heavy atom. The number of nitrogen functional groups attached to an aromatic ring is 1. The van der Waals surface area contributed by atoms with Gasteiger partial charge in [-0.15, -0.1) is 0 Å². The average molecular weight is 302 g/mol. The van der Waals surface area contributed by atoms with Gasteiger partial charge in [-0.05, 0) is 24.3 Å². The van der Waals surface area contributed by atoms with Crippen LogP contribution < -0.4 is 5.73 Å². The highest BCUT2D eigenvalue weighted by Gasteiger charge is 2.14. The molecule has 1 rings (SSSR count). The van der Waals surface area contributed by atoms with Gasteiger partial charge < -0.3 is 10.8 Å². The van der Waals surface area contributed by atoms with E-state index in [9.17, 15) is 8.42 Å². The van der Waals surface area contributed by atoms with Crippen molar-refractivity contribution in [1.29, 1.82) is 5.41 Å². The van der Waals surface area contributed by atoms with Crippen molar-refractivity contribution in [2.24, 2.45) is 5.73 Å². The normalized spacial score (nSPS) is 11.4. The lowest BCUT2D eigenvalue weighted by Crippen LogP contribution is -2.14. The first-order chi connectivity index (χ1) is 8.97. The van der Waals surface area contributed by atoms with Crippen molar-refractivity contribution in [2.45, 2.75) is 11.3 Å².